The number of ether oxygens (including phenoxy) is 1. The molecule has 8 heteroatoms. The van der Waals surface area contributed by atoms with E-state index in [9.17, 15) is 0 Å². The highest BCUT2D eigenvalue weighted by molar-refractivity contribution is 7.71. The molecule has 0 spiro atoms. The van der Waals surface area contributed by atoms with Gasteiger partial charge in [0.15, 0.2) is 0 Å². The predicted molar refractivity (Wildman–Crippen MR) is 106 cm³/mol. The molecule has 7 nitrogen and oxygen atoms in total. The number of rotatable bonds is 5. The Bertz CT molecular complexity index is 1140. The number of nitrogens with zero attached hydrogens (tertiary/aromatic N) is 4. The molecule has 134 valence electrons. The molecule has 0 amide bonds. The smallest absolute Gasteiger partial charge is 0.216 e. The molecule has 0 aliphatic carbocycles. The molecule has 0 unspecified atom stereocenters. The van der Waals surface area contributed by atoms with Gasteiger partial charge in [0.25, 0.3) is 0 Å². The van der Waals surface area contributed by atoms with E-state index in [-0.39, 0.29) is 0 Å². The fourth-order valence-corrected chi connectivity index (χ4v) is 2.68. The number of aryl methyl sites for hydroxylation is 1. The van der Waals surface area contributed by atoms with Crippen LogP contribution in [0.5, 0.6) is 11.5 Å². The lowest BCUT2D eigenvalue weighted by molar-refractivity contribution is 0.482. The van der Waals surface area contributed by atoms with Gasteiger partial charge in [-0.1, -0.05) is 30.3 Å². The largest absolute Gasteiger partial charge is 0.457 e. The summed E-state index contributed by atoms with van der Waals surface area (Å²) in [6, 6.07) is 19.1. The summed E-state index contributed by atoms with van der Waals surface area (Å²) in [5.41, 5.74) is 2.47. The van der Waals surface area contributed by atoms with Gasteiger partial charge in [-0.05, 0) is 55.0 Å². The Kier molecular flexibility index (Phi) is 4.63. The van der Waals surface area contributed by atoms with Gasteiger partial charge in [-0.15, -0.1) is 0 Å². The van der Waals surface area contributed by atoms with Gasteiger partial charge in [-0.3, -0.25) is 5.10 Å². The van der Waals surface area contributed by atoms with Gasteiger partial charge in [0.05, 0.1) is 6.21 Å². The minimum Gasteiger partial charge on any atom is -0.457 e. The Hall–Kier alpha value is -3.52. The van der Waals surface area contributed by atoms with Gasteiger partial charge in [0, 0.05) is 5.69 Å². The first-order chi connectivity index (χ1) is 13.2. The van der Waals surface area contributed by atoms with E-state index in [2.05, 4.69) is 25.5 Å². The summed E-state index contributed by atoms with van der Waals surface area (Å²) in [6.07, 6.45) is 1.70. The molecule has 0 aliphatic heterocycles. The van der Waals surface area contributed by atoms with Crippen LogP contribution in [-0.4, -0.2) is 31.3 Å². The minimum absolute atomic E-state index is 0.388. The highest BCUT2D eigenvalue weighted by Crippen LogP contribution is 2.21. The van der Waals surface area contributed by atoms with Crippen LogP contribution < -0.4 is 4.74 Å². The second kappa shape index (κ2) is 7.38. The van der Waals surface area contributed by atoms with Crippen molar-refractivity contribution in [1.29, 1.82) is 0 Å². The molecule has 4 rings (SSSR count). The molecule has 0 fully saturated rings. The minimum atomic E-state index is 0.388. The van der Waals surface area contributed by atoms with Gasteiger partial charge < -0.3 is 4.74 Å². The highest BCUT2D eigenvalue weighted by Gasteiger charge is 2.11. The quantitative estimate of drug-likeness (QED) is 0.401. The zero-order valence-corrected chi connectivity index (χ0v) is 15.3. The third-order valence-electron chi connectivity index (χ3n) is 3.74. The van der Waals surface area contributed by atoms with Crippen molar-refractivity contribution in [2.24, 2.45) is 5.10 Å². The van der Waals surface area contributed by atoms with E-state index < -0.39 is 0 Å². The lowest BCUT2D eigenvalue weighted by Crippen LogP contribution is -1.95. The first kappa shape index (κ1) is 16.9. The van der Waals surface area contributed by atoms with Crippen molar-refractivity contribution in [2.45, 2.75) is 6.92 Å². The molecule has 2 aromatic heterocycles. The molecule has 2 heterocycles. The Labute approximate surface area is 160 Å². The third-order valence-corrected chi connectivity index (χ3v) is 4.01. The second-order valence-electron chi connectivity index (χ2n) is 5.83. The fraction of sp³-hybridized carbons (Fsp3) is 0.0526. The van der Waals surface area contributed by atoms with Gasteiger partial charge in [0.2, 0.25) is 10.6 Å². The molecule has 0 aliphatic rings. The molecule has 0 bridgehead atoms. The first-order valence-electron chi connectivity index (χ1n) is 8.26. The van der Waals surface area contributed by atoms with Crippen molar-refractivity contribution in [2.75, 3.05) is 0 Å². The number of aromatic amines is 2. The van der Waals surface area contributed by atoms with E-state index in [1.807, 2.05) is 67.6 Å². The molecule has 0 atom stereocenters. The lowest BCUT2D eigenvalue weighted by Gasteiger charge is -2.05. The van der Waals surface area contributed by atoms with Crippen LogP contribution in [-0.2, 0) is 0 Å². The van der Waals surface area contributed by atoms with Crippen molar-refractivity contribution in [1.82, 2.24) is 25.1 Å². The Morgan fingerprint density at radius 3 is 2.59 bits per heavy atom. The van der Waals surface area contributed by atoms with E-state index in [1.165, 1.54) is 4.68 Å². The first-order valence-corrected chi connectivity index (χ1v) is 8.67. The lowest BCUT2D eigenvalue weighted by atomic mass is 10.2. The Balaban J connectivity index is 1.60. The van der Waals surface area contributed by atoms with Crippen LogP contribution >= 0.6 is 12.2 Å². The summed E-state index contributed by atoms with van der Waals surface area (Å²) >= 11 is 5.28. The SMILES string of the molecule is Cc1cc(-c2n[nH]c(=S)n2N=Cc2cccc(Oc3ccccc3)c2)n[nH]1. The molecule has 27 heavy (non-hydrogen) atoms. The Morgan fingerprint density at radius 1 is 1.00 bits per heavy atom. The normalized spacial score (nSPS) is 11.1. The van der Waals surface area contributed by atoms with Crippen molar-refractivity contribution in [3.05, 3.63) is 76.7 Å². The molecule has 2 aromatic carbocycles. The summed E-state index contributed by atoms with van der Waals surface area (Å²) in [6.45, 7) is 1.92. The van der Waals surface area contributed by atoms with Crippen molar-refractivity contribution in [3.8, 4) is 23.0 Å². The molecular formula is C19H16N6OS. The van der Waals surface area contributed by atoms with Gasteiger partial charge in [0.1, 0.15) is 17.2 Å². The summed E-state index contributed by atoms with van der Waals surface area (Å²) in [5.74, 6) is 2.04. The van der Waals surface area contributed by atoms with Gasteiger partial charge in [-0.2, -0.15) is 20.0 Å². The maximum Gasteiger partial charge on any atom is 0.216 e. The van der Waals surface area contributed by atoms with E-state index in [1.54, 1.807) is 6.21 Å². The van der Waals surface area contributed by atoms with E-state index in [0.717, 1.165) is 22.8 Å². The summed E-state index contributed by atoms with van der Waals surface area (Å²) < 4.78 is 7.78. The molecule has 4 aromatic rings. The highest BCUT2D eigenvalue weighted by atomic mass is 32.1. The van der Waals surface area contributed by atoms with Crippen molar-refractivity contribution in [3.63, 3.8) is 0 Å². The number of H-pyrrole nitrogens is 2. The average Bonchev–Trinajstić information content (AvgIpc) is 3.26. The molecule has 2 N–H and O–H groups in total. The maximum absolute atomic E-state index is 5.85. The van der Waals surface area contributed by atoms with Gasteiger partial charge in [-0.25, -0.2) is 5.10 Å². The standard InChI is InChI=1S/C19H16N6OS/c1-13-10-17(22-21-13)18-23-24-19(27)25(18)20-12-14-6-5-9-16(11-14)26-15-7-3-2-4-8-15/h2-12H,1H3,(H,21,22)(H,24,27). The van der Waals surface area contributed by atoms with Gasteiger partial charge >= 0.3 is 0 Å². The third kappa shape index (κ3) is 3.85. The van der Waals surface area contributed by atoms with Crippen LogP contribution in [0.2, 0.25) is 0 Å². The summed E-state index contributed by atoms with van der Waals surface area (Å²) in [5, 5.41) is 18.5. The molecular weight excluding hydrogens is 360 g/mol. The zero-order chi connectivity index (χ0) is 18.6. The van der Waals surface area contributed by atoms with E-state index in [0.29, 0.717) is 16.3 Å². The van der Waals surface area contributed by atoms with Crippen LogP contribution in [0.25, 0.3) is 11.5 Å². The van der Waals surface area contributed by atoms with Crippen molar-refractivity contribution < 1.29 is 4.74 Å². The molecule has 0 radical (unpaired) electrons. The number of hydrogen-bond donors (Lipinski definition) is 2. The van der Waals surface area contributed by atoms with Crippen LogP contribution in [0.3, 0.4) is 0 Å². The monoisotopic (exact) mass is 376 g/mol. The zero-order valence-electron chi connectivity index (χ0n) is 14.5. The van der Waals surface area contributed by atoms with E-state index in [4.69, 9.17) is 17.0 Å². The molecule has 0 saturated heterocycles. The topological polar surface area (TPSA) is 83.9 Å². The van der Waals surface area contributed by atoms with Crippen LogP contribution in [0.15, 0.2) is 65.8 Å². The summed E-state index contributed by atoms with van der Waals surface area (Å²) in [4.78, 5) is 0. The number of para-hydroxylation sites is 1. The Morgan fingerprint density at radius 2 is 1.81 bits per heavy atom. The summed E-state index contributed by atoms with van der Waals surface area (Å²) in [7, 11) is 0. The number of aromatic nitrogens is 5. The van der Waals surface area contributed by atoms with E-state index >= 15 is 0 Å². The molecule has 0 saturated carbocycles. The average molecular weight is 376 g/mol. The number of benzene rings is 2. The predicted octanol–water partition coefficient (Wildman–Crippen LogP) is 4.31. The number of nitrogens with one attached hydrogen (secondary N) is 2. The van der Waals surface area contributed by atoms with Crippen molar-refractivity contribution >= 4 is 18.4 Å². The maximum atomic E-state index is 5.85. The van der Waals surface area contributed by atoms with Crippen LogP contribution in [0.1, 0.15) is 11.3 Å². The second-order valence-corrected chi connectivity index (χ2v) is 6.22. The number of hydrogen-bond acceptors (Lipinski definition) is 5. The fourth-order valence-electron chi connectivity index (χ4n) is 2.50. The van der Waals surface area contributed by atoms with Crippen LogP contribution in [0, 0.1) is 11.7 Å². The van der Waals surface area contributed by atoms with Crippen LogP contribution in [0.4, 0.5) is 0 Å².